The number of rotatable bonds is 2. The van der Waals surface area contributed by atoms with Crippen molar-refractivity contribution < 1.29 is 0 Å². The highest BCUT2D eigenvalue weighted by atomic mass is 35.5. The van der Waals surface area contributed by atoms with Crippen LogP contribution in [-0.4, -0.2) is 28.1 Å². The van der Waals surface area contributed by atoms with Crippen molar-refractivity contribution in [3.63, 3.8) is 0 Å². The van der Waals surface area contributed by atoms with E-state index in [2.05, 4.69) is 41.2 Å². The zero-order valence-corrected chi connectivity index (χ0v) is 13.0. The van der Waals surface area contributed by atoms with Crippen LogP contribution in [0, 0.1) is 6.92 Å². The molecule has 0 atom stereocenters. The molecule has 106 valence electrons. The van der Waals surface area contributed by atoms with Crippen LogP contribution in [0.2, 0.25) is 5.15 Å². The lowest BCUT2D eigenvalue weighted by Gasteiger charge is -2.29. The molecule has 1 aliphatic heterocycles. The fourth-order valence-corrected chi connectivity index (χ4v) is 2.26. The van der Waals surface area contributed by atoms with Crippen LogP contribution in [0.4, 0.5) is 5.82 Å². The van der Waals surface area contributed by atoms with Gasteiger partial charge in [0.2, 0.25) is 0 Å². The Morgan fingerprint density at radius 3 is 2.32 bits per heavy atom. The minimum Gasteiger partial charge on any atom is -0.303 e. The van der Waals surface area contributed by atoms with Crippen molar-refractivity contribution in [2.75, 3.05) is 18.5 Å². The average molecular weight is 283 g/mol. The molecule has 2 heterocycles. The first-order chi connectivity index (χ1) is 8.88. The molecular formula is C14H23ClN4. The Balaban J connectivity index is 2.25. The molecular weight excluding hydrogens is 260 g/mol. The summed E-state index contributed by atoms with van der Waals surface area (Å²) in [5, 5.41) is 2.76. The largest absolute Gasteiger partial charge is 0.303 e. The summed E-state index contributed by atoms with van der Waals surface area (Å²) in [5.41, 5.74) is 4.22. The van der Waals surface area contributed by atoms with E-state index < -0.39 is 0 Å². The first-order valence-corrected chi connectivity index (χ1v) is 7.32. The van der Waals surface area contributed by atoms with Crippen molar-refractivity contribution in [1.29, 1.82) is 0 Å². The molecule has 4 nitrogen and oxygen atoms in total. The fraction of sp³-hybridized carbons (Fsp3) is 0.714. The van der Waals surface area contributed by atoms with Gasteiger partial charge in [-0.25, -0.2) is 15.0 Å². The fourth-order valence-electron chi connectivity index (χ4n) is 2.09. The van der Waals surface area contributed by atoms with E-state index in [4.69, 9.17) is 11.6 Å². The molecule has 1 aromatic rings. The van der Waals surface area contributed by atoms with Gasteiger partial charge in [0.05, 0.1) is 0 Å². The SMILES string of the molecule is Cc1c(Cl)nc(C(C)(C)C)nc1NN1CCCCC1. The first kappa shape index (κ1) is 14.5. The number of hydrogen-bond donors (Lipinski definition) is 1. The number of hydrogen-bond acceptors (Lipinski definition) is 4. The second-order valence-corrected chi connectivity index (χ2v) is 6.58. The van der Waals surface area contributed by atoms with Crippen LogP contribution < -0.4 is 5.43 Å². The van der Waals surface area contributed by atoms with Crippen LogP contribution in [0.15, 0.2) is 0 Å². The van der Waals surface area contributed by atoms with Crippen LogP contribution in [0.1, 0.15) is 51.4 Å². The standard InChI is InChI=1S/C14H23ClN4/c1-10-11(15)16-13(14(2,3)4)17-12(10)18-19-8-6-5-7-9-19/h5-9H2,1-4H3,(H,16,17,18). The molecule has 1 aromatic heterocycles. The molecule has 19 heavy (non-hydrogen) atoms. The van der Waals surface area contributed by atoms with Crippen molar-refractivity contribution in [1.82, 2.24) is 15.0 Å². The zero-order chi connectivity index (χ0) is 14.0. The van der Waals surface area contributed by atoms with Gasteiger partial charge in [0.25, 0.3) is 0 Å². The molecule has 0 saturated carbocycles. The molecule has 0 unspecified atom stereocenters. The molecule has 0 bridgehead atoms. The third-order valence-electron chi connectivity index (χ3n) is 3.38. The van der Waals surface area contributed by atoms with E-state index in [0.717, 1.165) is 30.3 Å². The van der Waals surface area contributed by atoms with Crippen LogP contribution in [0.3, 0.4) is 0 Å². The lowest BCUT2D eigenvalue weighted by molar-refractivity contribution is 0.271. The predicted molar refractivity (Wildman–Crippen MR) is 79.5 cm³/mol. The van der Waals surface area contributed by atoms with E-state index in [9.17, 15) is 0 Å². The lowest BCUT2D eigenvalue weighted by Crippen LogP contribution is -2.36. The number of nitrogens with zero attached hydrogens (tertiary/aromatic N) is 3. The number of aromatic nitrogens is 2. The normalized spacial score (nSPS) is 17.5. The molecule has 0 amide bonds. The van der Waals surface area contributed by atoms with Crippen molar-refractivity contribution >= 4 is 17.4 Å². The van der Waals surface area contributed by atoms with E-state index in [1.165, 1.54) is 19.3 Å². The number of anilines is 1. The van der Waals surface area contributed by atoms with Gasteiger partial charge in [0.1, 0.15) is 16.8 Å². The van der Waals surface area contributed by atoms with Gasteiger partial charge in [-0.15, -0.1) is 0 Å². The molecule has 5 heteroatoms. The van der Waals surface area contributed by atoms with Crippen molar-refractivity contribution in [2.24, 2.45) is 0 Å². The maximum Gasteiger partial charge on any atom is 0.148 e. The van der Waals surface area contributed by atoms with Gasteiger partial charge in [-0.3, -0.25) is 0 Å². The third kappa shape index (κ3) is 3.57. The van der Waals surface area contributed by atoms with Crippen molar-refractivity contribution in [3.05, 3.63) is 16.5 Å². The minimum atomic E-state index is -0.102. The molecule has 1 saturated heterocycles. The van der Waals surface area contributed by atoms with E-state index in [1.54, 1.807) is 0 Å². The highest BCUT2D eigenvalue weighted by Gasteiger charge is 2.21. The maximum atomic E-state index is 6.23. The maximum absolute atomic E-state index is 6.23. The number of piperidine rings is 1. The van der Waals surface area contributed by atoms with Crippen molar-refractivity contribution in [3.8, 4) is 0 Å². The molecule has 1 N–H and O–H groups in total. The summed E-state index contributed by atoms with van der Waals surface area (Å²) < 4.78 is 0. The molecule has 1 fully saturated rings. The molecule has 0 aromatic carbocycles. The second-order valence-electron chi connectivity index (χ2n) is 6.22. The first-order valence-electron chi connectivity index (χ1n) is 6.94. The lowest BCUT2D eigenvalue weighted by atomic mass is 9.95. The summed E-state index contributed by atoms with van der Waals surface area (Å²) in [5.74, 6) is 1.62. The summed E-state index contributed by atoms with van der Waals surface area (Å²) >= 11 is 6.23. The van der Waals surface area contributed by atoms with E-state index >= 15 is 0 Å². The Labute approximate surface area is 120 Å². The van der Waals surface area contributed by atoms with Gasteiger partial charge in [-0.2, -0.15) is 0 Å². The molecule has 0 radical (unpaired) electrons. The van der Waals surface area contributed by atoms with Crippen LogP contribution >= 0.6 is 11.6 Å². The number of nitrogens with one attached hydrogen (secondary N) is 1. The summed E-state index contributed by atoms with van der Waals surface area (Å²) in [7, 11) is 0. The summed E-state index contributed by atoms with van der Waals surface area (Å²) in [6.45, 7) is 10.4. The highest BCUT2D eigenvalue weighted by Crippen LogP contribution is 2.26. The predicted octanol–water partition coefficient (Wildman–Crippen LogP) is 3.55. The summed E-state index contributed by atoms with van der Waals surface area (Å²) in [4.78, 5) is 9.04. The smallest absolute Gasteiger partial charge is 0.148 e. The number of halogens is 1. The van der Waals surface area contributed by atoms with Gasteiger partial charge in [-0.05, 0) is 19.8 Å². The van der Waals surface area contributed by atoms with E-state index in [-0.39, 0.29) is 5.41 Å². The van der Waals surface area contributed by atoms with E-state index in [1.807, 2.05) is 6.92 Å². The summed E-state index contributed by atoms with van der Waals surface area (Å²) in [6, 6.07) is 0. The van der Waals surface area contributed by atoms with Crippen LogP contribution in [0.25, 0.3) is 0 Å². The Kier molecular flexibility index (Phi) is 4.31. The molecule has 1 aliphatic rings. The zero-order valence-electron chi connectivity index (χ0n) is 12.3. The second kappa shape index (κ2) is 5.63. The Morgan fingerprint density at radius 1 is 1.11 bits per heavy atom. The van der Waals surface area contributed by atoms with Gasteiger partial charge in [0.15, 0.2) is 0 Å². The van der Waals surface area contributed by atoms with Gasteiger partial charge in [-0.1, -0.05) is 38.8 Å². The quantitative estimate of drug-likeness (QED) is 0.842. The number of hydrazine groups is 1. The third-order valence-corrected chi connectivity index (χ3v) is 3.75. The minimum absolute atomic E-state index is 0.102. The Hall–Kier alpha value is -0.870. The average Bonchev–Trinajstić information content (AvgIpc) is 2.34. The summed E-state index contributed by atoms with van der Waals surface area (Å²) in [6.07, 6.45) is 3.78. The Morgan fingerprint density at radius 2 is 1.74 bits per heavy atom. The van der Waals surface area contributed by atoms with Crippen molar-refractivity contribution in [2.45, 2.75) is 52.4 Å². The topological polar surface area (TPSA) is 41.1 Å². The van der Waals surface area contributed by atoms with Gasteiger partial charge >= 0.3 is 0 Å². The van der Waals surface area contributed by atoms with Crippen LogP contribution in [-0.2, 0) is 5.41 Å². The monoisotopic (exact) mass is 282 g/mol. The van der Waals surface area contributed by atoms with E-state index in [0.29, 0.717) is 5.15 Å². The molecule has 0 aliphatic carbocycles. The highest BCUT2D eigenvalue weighted by molar-refractivity contribution is 6.30. The van der Waals surface area contributed by atoms with Gasteiger partial charge < -0.3 is 5.43 Å². The molecule has 2 rings (SSSR count). The van der Waals surface area contributed by atoms with Crippen LogP contribution in [0.5, 0.6) is 0 Å². The molecule has 0 spiro atoms. The Bertz CT molecular complexity index is 447. The van der Waals surface area contributed by atoms with Gasteiger partial charge in [0, 0.05) is 24.1 Å².